The Morgan fingerprint density at radius 1 is 1.10 bits per heavy atom. The zero-order chi connectivity index (χ0) is 21.3. The first-order valence-electron chi connectivity index (χ1n) is 9.56. The lowest BCUT2D eigenvalue weighted by Crippen LogP contribution is -2.31. The topological polar surface area (TPSA) is 108 Å². The summed E-state index contributed by atoms with van der Waals surface area (Å²) in [7, 11) is 1.18. The molecule has 2 heterocycles. The average molecular weight is 412 g/mol. The zero-order valence-electron chi connectivity index (χ0n) is 16.3. The minimum atomic E-state index is -0.738. The van der Waals surface area contributed by atoms with Crippen LogP contribution in [0.25, 0.3) is 0 Å². The SMILES string of the molecule is COC(=O)c1cc(C(=O)N2CCCC2c2ccc3c(c2)OCCO3)cc([N+](=O)[O-])c1. The summed E-state index contributed by atoms with van der Waals surface area (Å²) in [6.45, 7) is 1.47. The van der Waals surface area contributed by atoms with Crippen LogP contribution < -0.4 is 9.47 Å². The van der Waals surface area contributed by atoms with Gasteiger partial charge in [0.05, 0.1) is 23.6 Å². The van der Waals surface area contributed by atoms with E-state index in [1.807, 2.05) is 18.2 Å². The van der Waals surface area contributed by atoms with Crippen molar-refractivity contribution in [3.05, 3.63) is 63.2 Å². The Morgan fingerprint density at radius 2 is 1.83 bits per heavy atom. The Hall–Kier alpha value is -3.62. The van der Waals surface area contributed by atoms with Gasteiger partial charge in [0.1, 0.15) is 13.2 Å². The molecule has 1 unspecified atom stereocenters. The molecule has 30 heavy (non-hydrogen) atoms. The second kappa shape index (κ2) is 8.02. The number of non-ortho nitro benzene ring substituents is 1. The monoisotopic (exact) mass is 412 g/mol. The zero-order valence-corrected chi connectivity index (χ0v) is 16.3. The van der Waals surface area contributed by atoms with Crippen molar-refractivity contribution in [1.82, 2.24) is 4.90 Å². The lowest BCUT2D eigenvalue weighted by molar-refractivity contribution is -0.384. The van der Waals surface area contributed by atoms with Crippen molar-refractivity contribution in [2.75, 3.05) is 26.9 Å². The first kappa shape index (κ1) is 19.7. The largest absolute Gasteiger partial charge is 0.486 e. The molecule has 2 aromatic rings. The molecule has 0 radical (unpaired) electrons. The third-order valence-electron chi connectivity index (χ3n) is 5.26. The number of esters is 1. The number of carbonyl (C=O) groups is 2. The highest BCUT2D eigenvalue weighted by Crippen LogP contribution is 2.38. The van der Waals surface area contributed by atoms with Gasteiger partial charge in [-0.2, -0.15) is 0 Å². The molecule has 0 spiro atoms. The molecule has 9 heteroatoms. The second-order valence-corrected chi connectivity index (χ2v) is 7.08. The van der Waals surface area contributed by atoms with Gasteiger partial charge < -0.3 is 19.1 Å². The Kier molecular flexibility index (Phi) is 5.26. The van der Waals surface area contributed by atoms with Crippen molar-refractivity contribution >= 4 is 17.6 Å². The molecular formula is C21H20N2O7. The van der Waals surface area contributed by atoms with Gasteiger partial charge >= 0.3 is 5.97 Å². The average Bonchev–Trinajstić information content (AvgIpc) is 3.27. The summed E-state index contributed by atoms with van der Waals surface area (Å²) in [4.78, 5) is 37.5. The molecule has 0 N–H and O–H groups in total. The molecule has 0 bridgehead atoms. The van der Waals surface area contributed by atoms with Crippen molar-refractivity contribution in [1.29, 1.82) is 0 Å². The molecule has 2 aliphatic heterocycles. The minimum Gasteiger partial charge on any atom is -0.486 e. The molecule has 0 saturated carbocycles. The van der Waals surface area contributed by atoms with Crippen molar-refractivity contribution in [2.45, 2.75) is 18.9 Å². The standard InChI is InChI=1S/C21H20N2O7/c1-28-21(25)15-9-14(10-16(11-15)23(26)27)20(24)22-6-2-3-17(22)13-4-5-18-19(12-13)30-8-7-29-18/h4-5,9-12,17H,2-3,6-8H2,1H3. The molecule has 156 valence electrons. The van der Waals surface area contributed by atoms with Gasteiger partial charge in [-0.3, -0.25) is 14.9 Å². The van der Waals surface area contributed by atoms with Crippen LogP contribution in [0.3, 0.4) is 0 Å². The highest BCUT2D eigenvalue weighted by molar-refractivity contribution is 5.99. The first-order valence-corrected chi connectivity index (χ1v) is 9.56. The number of benzene rings is 2. The number of ether oxygens (including phenoxy) is 3. The minimum absolute atomic E-state index is 0.0369. The summed E-state index contributed by atoms with van der Waals surface area (Å²) in [5, 5.41) is 11.3. The fourth-order valence-electron chi connectivity index (χ4n) is 3.87. The molecule has 9 nitrogen and oxygen atoms in total. The van der Waals surface area contributed by atoms with Crippen LogP contribution in [0, 0.1) is 10.1 Å². The molecular weight excluding hydrogens is 392 g/mol. The predicted octanol–water partition coefficient (Wildman–Crippen LogP) is 3.13. The van der Waals surface area contributed by atoms with Crippen LogP contribution in [0.5, 0.6) is 11.5 Å². The molecule has 1 saturated heterocycles. The number of hydrogen-bond donors (Lipinski definition) is 0. The number of nitro groups is 1. The smallest absolute Gasteiger partial charge is 0.338 e. The number of amides is 1. The Morgan fingerprint density at radius 3 is 2.57 bits per heavy atom. The van der Waals surface area contributed by atoms with Crippen LogP contribution in [-0.2, 0) is 4.74 Å². The number of likely N-dealkylation sites (tertiary alicyclic amines) is 1. The maximum Gasteiger partial charge on any atom is 0.338 e. The van der Waals surface area contributed by atoms with Crippen LogP contribution >= 0.6 is 0 Å². The lowest BCUT2D eigenvalue weighted by atomic mass is 10.0. The van der Waals surface area contributed by atoms with Gasteiger partial charge in [-0.25, -0.2) is 4.79 Å². The van der Waals surface area contributed by atoms with E-state index in [9.17, 15) is 19.7 Å². The predicted molar refractivity (Wildman–Crippen MR) is 105 cm³/mol. The number of nitrogens with zero attached hydrogens (tertiary/aromatic N) is 2. The number of hydrogen-bond acceptors (Lipinski definition) is 7. The third kappa shape index (κ3) is 3.66. The summed E-state index contributed by atoms with van der Waals surface area (Å²) >= 11 is 0. The molecule has 2 aromatic carbocycles. The van der Waals surface area contributed by atoms with Gasteiger partial charge in [-0.1, -0.05) is 6.07 Å². The van der Waals surface area contributed by atoms with Crippen LogP contribution in [0.15, 0.2) is 36.4 Å². The van der Waals surface area contributed by atoms with Crippen LogP contribution in [-0.4, -0.2) is 48.6 Å². The molecule has 1 amide bonds. The number of nitro benzene ring substituents is 1. The third-order valence-corrected chi connectivity index (χ3v) is 5.26. The van der Waals surface area contributed by atoms with Gasteiger partial charge in [-0.05, 0) is 36.6 Å². The Bertz CT molecular complexity index is 1020. The van der Waals surface area contributed by atoms with E-state index in [-0.39, 0.29) is 28.8 Å². The molecule has 2 aliphatic rings. The molecule has 4 rings (SSSR count). The van der Waals surface area contributed by atoms with Gasteiger partial charge in [-0.15, -0.1) is 0 Å². The number of methoxy groups -OCH3 is 1. The van der Waals surface area contributed by atoms with Crippen LogP contribution in [0.1, 0.15) is 45.2 Å². The molecule has 1 fully saturated rings. The van der Waals surface area contributed by atoms with Crippen molar-refractivity contribution in [2.24, 2.45) is 0 Å². The quantitative estimate of drug-likeness (QED) is 0.431. The van der Waals surface area contributed by atoms with E-state index in [1.165, 1.54) is 19.2 Å². The maximum absolute atomic E-state index is 13.3. The van der Waals surface area contributed by atoms with E-state index in [0.29, 0.717) is 31.3 Å². The summed E-state index contributed by atoms with van der Waals surface area (Å²) in [6, 6.07) is 9.02. The van der Waals surface area contributed by atoms with E-state index in [4.69, 9.17) is 9.47 Å². The Balaban J connectivity index is 1.66. The van der Waals surface area contributed by atoms with Gasteiger partial charge in [0.25, 0.3) is 11.6 Å². The normalized spacial score (nSPS) is 17.5. The van der Waals surface area contributed by atoms with Crippen LogP contribution in [0.2, 0.25) is 0 Å². The van der Waals surface area contributed by atoms with Crippen molar-refractivity contribution in [3.8, 4) is 11.5 Å². The number of carbonyl (C=O) groups excluding carboxylic acids is 2. The molecule has 0 aromatic heterocycles. The number of fused-ring (bicyclic) bond motifs is 1. The van der Waals surface area contributed by atoms with E-state index < -0.39 is 10.9 Å². The van der Waals surface area contributed by atoms with E-state index in [1.54, 1.807) is 4.90 Å². The lowest BCUT2D eigenvalue weighted by Gasteiger charge is -2.27. The molecule has 0 aliphatic carbocycles. The van der Waals surface area contributed by atoms with Crippen molar-refractivity contribution < 1.29 is 28.7 Å². The Labute approximate surface area is 172 Å². The van der Waals surface area contributed by atoms with E-state index >= 15 is 0 Å². The fourth-order valence-corrected chi connectivity index (χ4v) is 3.87. The van der Waals surface area contributed by atoms with Gasteiger partial charge in [0.15, 0.2) is 11.5 Å². The highest BCUT2D eigenvalue weighted by atomic mass is 16.6. The second-order valence-electron chi connectivity index (χ2n) is 7.08. The fraction of sp³-hybridized carbons (Fsp3) is 0.333. The summed E-state index contributed by atoms with van der Waals surface area (Å²) in [5.74, 6) is 0.197. The van der Waals surface area contributed by atoms with Crippen LogP contribution in [0.4, 0.5) is 5.69 Å². The van der Waals surface area contributed by atoms with Crippen molar-refractivity contribution in [3.63, 3.8) is 0 Å². The molecule has 1 atom stereocenters. The first-order chi connectivity index (χ1) is 14.5. The maximum atomic E-state index is 13.3. The van der Waals surface area contributed by atoms with E-state index in [0.717, 1.165) is 24.5 Å². The van der Waals surface area contributed by atoms with Gasteiger partial charge in [0, 0.05) is 24.2 Å². The summed E-state index contributed by atoms with van der Waals surface area (Å²) < 4.78 is 15.9. The van der Waals surface area contributed by atoms with E-state index in [2.05, 4.69) is 4.74 Å². The van der Waals surface area contributed by atoms with Gasteiger partial charge in [0.2, 0.25) is 0 Å². The highest BCUT2D eigenvalue weighted by Gasteiger charge is 2.32. The summed E-state index contributed by atoms with van der Waals surface area (Å²) in [6.07, 6.45) is 1.55. The number of rotatable bonds is 4. The summed E-state index contributed by atoms with van der Waals surface area (Å²) in [5.41, 5.74) is 0.610.